The van der Waals surface area contributed by atoms with Crippen LogP contribution in [0.2, 0.25) is 0 Å². The summed E-state index contributed by atoms with van der Waals surface area (Å²) in [4.78, 5) is 11.7. The van der Waals surface area contributed by atoms with Gasteiger partial charge in [0.2, 0.25) is 0 Å². The molecule has 0 spiro atoms. The van der Waals surface area contributed by atoms with E-state index >= 15 is 0 Å². The van der Waals surface area contributed by atoms with E-state index in [1.54, 1.807) is 6.20 Å². The quantitative estimate of drug-likeness (QED) is 0.827. The van der Waals surface area contributed by atoms with Crippen LogP contribution < -0.4 is 10.6 Å². The maximum atomic E-state index is 11.7. The van der Waals surface area contributed by atoms with E-state index in [9.17, 15) is 4.79 Å². The SMILES string of the molecule is CC/C(C)=C/NC(=O)NC(C)c1ccc(CC)cc1. The Morgan fingerprint density at radius 1 is 1.26 bits per heavy atom. The third-order valence-corrected chi connectivity index (χ3v) is 3.24. The Kier molecular flexibility index (Phi) is 6.13. The molecule has 19 heavy (non-hydrogen) atoms. The van der Waals surface area contributed by atoms with E-state index in [0.717, 1.165) is 24.0 Å². The number of amides is 2. The number of nitrogens with one attached hydrogen (secondary N) is 2. The second-order valence-electron chi connectivity index (χ2n) is 4.78. The lowest BCUT2D eigenvalue weighted by molar-refractivity contribution is 0.241. The first kappa shape index (κ1) is 15.3. The summed E-state index contributed by atoms with van der Waals surface area (Å²) < 4.78 is 0. The highest BCUT2D eigenvalue weighted by atomic mass is 16.2. The molecule has 0 aromatic heterocycles. The number of carbonyl (C=O) groups excluding carboxylic acids is 1. The van der Waals surface area contributed by atoms with Gasteiger partial charge in [-0.15, -0.1) is 0 Å². The molecule has 3 heteroatoms. The van der Waals surface area contributed by atoms with Crippen molar-refractivity contribution >= 4 is 6.03 Å². The molecule has 3 nitrogen and oxygen atoms in total. The molecule has 1 aromatic rings. The smallest absolute Gasteiger partial charge is 0.319 e. The largest absolute Gasteiger partial charge is 0.331 e. The molecule has 0 bridgehead atoms. The average Bonchev–Trinajstić information content (AvgIpc) is 2.44. The molecule has 104 valence electrons. The van der Waals surface area contributed by atoms with Crippen molar-refractivity contribution in [3.05, 3.63) is 47.2 Å². The van der Waals surface area contributed by atoms with Crippen molar-refractivity contribution in [3.8, 4) is 0 Å². The molecule has 1 aromatic carbocycles. The maximum Gasteiger partial charge on any atom is 0.319 e. The third-order valence-electron chi connectivity index (χ3n) is 3.24. The molecule has 1 atom stereocenters. The van der Waals surface area contributed by atoms with Crippen LogP contribution in [0.5, 0.6) is 0 Å². The lowest BCUT2D eigenvalue weighted by atomic mass is 10.1. The Labute approximate surface area is 116 Å². The molecule has 1 rings (SSSR count). The van der Waals surface area contributed by atoms with Gasteiger partial charge in [-0.3, -0.25) is 0 Å². The van der Waals surface area contributed by atoms with Crippen LogP contribution in [0.4, 0.5) is 4.79 Å². The first-order valence-electron chi connectivity index (χ1n) is 6.88. The van der Waals surface area contributed by atoms with Gasteiger partial charge in [0.15, 0.2) is 0 Å². The summed E-state index contributed by atoms with van der Waals surface area (Å²) in [5.74, 6) is 0. The van der Waals surface area contributed by atoms with Gasteiger partial charge in [-0.05, 0) is 37.8 Å². The summed E-state index contributed by atoms with van der Waals surface area (Å²) in [6.45, 7) is 8.17. The van der Waals surface area contributed by atoms with Crippen LogP contribution >= 0.6 is 0 Å². The van der Waals surface area contributed by atoms with Crippen LogP contribution in [0.25, 0.3) is 0 Å². The van der Waals surface area contributed by atoms with Crippen LogP contribution in [0.15, 0.2) is 36.0 Å². The first-order chi connectivity index (χ1) is 9.06. The van der Waals surface area contributed by atoms with Crippen LogP contribution in [-0.4, -0.2) is 6.03 Å². The van der Waals surface area contributed by atoms with Crippen LogP contribution in [-0.2, 0) is 6.42 Å². The lowest BCUT2D eigenvalue weighted by Crippen LogP contribution is -2.34. The number of urea groups is 1. The number of hydrogen-bond donors (Lipinski definition) is 2. The molecule has 0 aliphatic carbocycles. The summed E-state index contributed by atoms with van der Waals surface area (Å²) in [7, 11) is 0. The van der Waals surface area contributed by atoms with Crippen LogP contribution in [0, 0.1) is 0 Å². The number of hydrogen-bond acceptors (Lipinski definition) is 1. The molecule has 0 fully saturated rings. The number of benzene rings is 1. The zero-order valence-corrected chi connectivity index (χ0v) is 12.3. The second kappa shape index (κ2) is 7.62. The van der Waals surface area contributed by atoms with Gasteiger partial charge in [-0.25, -0.2) is 4.79 Å². The summed E-state index contributed by atoms with van der Waals surface area (Å²) >= 11 is 0. The van der Waals surface area contributed by atoms with Crippen molar-refractivity contribution in [1.29, 1.82) is 0 Å². The predicted octanol–water partition coefficient (Wildman–Crippen LogP) is 3.92. The summed E-state index contributed by atoms with van der Waals surface area (Å²) in [5.41, 5.74) is 3.57. The van der Waals surface area contributed by atoms with Crippen molar-refractivity contribution in [3.63, 3.8) is 0 Å². The Balaban J connectivity index is 2.53. The van der Waals surface area contributed by atoms with E-state index in [0.29, 0.717) is 0 Å². The fourth-order valence-corrected chi connectivity index (χ4v) is 1.65. The zero-order valence-electron chi connectivity index (χ0n) is 12.3. The van der Waals surface area contributed by atoms with Crippen molar-refractivity contribution in [2.45, 2.75) is 46.6 Å². The van der Waals surface area contributed by atoms with Crippen LogP contribution in [0.1, 0.15) is 51.3 Å². The zero-order chi connectivity index (χ0) is 14.3. The van der Waals surface area contributed by atoms with Gasteiger partial charge in [-0.1, -0.05) is 43.7 Å². The number of aryl methyl sites for hydroxylation is 1. The molecule has 1 unspecified atom stereocenters. The molecule has 0 saturated carbocycles. The monoisotopic (exact) mass is 260 g/mol. The fourth-order valence-electron chi connectivity index (χ4n) is 1.65. The molecular formula is C16H24N2O. The molecule has 0 aliphatic heterocycles. The Hall–Kier alpha value is -1.77. The van der Waals surface area contributed by atoms with E-state index in [4.69, 9.17) is 0 Å². The Bertz CT molecular complexity index is 435. The molecule has 0 saturated heterocycles. The topological polar surface area (TPSA) is 41.1 Å². The van der Waals surface area contributed by atoms with Gasteiger partial charge >= 0.3 is 6.03 Å². The molecular weight excluding hydrogens is 236 g/mol. The maximum absolute atomic E-state index is 11.7. The number of carbonyl (C=O) groups is 1. The van der Waals surface area contributed by atoms with E-state index in [1.165, 1.54) is 5.56 Å². The second-order valence-corrected chi connectivity index (χ2v) is 4.78. The van der Waals surface area contributed by atoms with Crippen molar-refractivity contribution in [2.24, 2.45) is 0 Å². The summed E-state index contributed by atoms with van der Waals surface area (Å²) in [6, 6.07) is 8.17. The molecule has 2 amide bonds. The minimum Gasteiger partial charge on any atom is -0.331 e. The summed E-state index contributed by atoms with van der Waals surface area (Å²) in [6.07, 6.45) is 3.72. The Morgan fingerprint density at radius 3 is 2.42 bits per heavy atom. The number of rotatable bonds is 5. The van der Waals surface area contributed by atoms with Gasteiger partial charge in [0.1, 0.15) is 0 Å². The molecule has 0 radical (unpaired) electrons. The van der Waals surface area contributed by atoms with Gasteiger partial charge in [0.05, 0.1) is 6.04 Å². The van der Waals surface area contributed by atoms with E-state index < -0.39 is 0 Å². The summed E-state index contributed by atoms with van der Waals surface area (Å²) in [5, 5.41) is 5.66. The molecule has 2 N–H and O–H groups in total. The fraction of sp³-hybridized carbons (Fsp3) is 0.438. The average molecular weight is 260 g/mol. The highest BCUT2D eigenvalue weighted by molar-refractivity contribution is 5.75. The van der Waals surface area contributed by atoms with Gasteiger partial charge in [0, 0.05) is 6.20 Å². The van der Waals surface area contributed by atoms with Crippen LogP contribution in [0.3, 0.4) is 0 Å². The lowest BCUT2D eigenvalue weighted by Gasteiger charge is -2.14. The van der Waals surface area contributed by atoms with Gasteiger partial charge in [0.25, 0.3) is 0 Å². The highest BCUT2D eigenvalue weighted by Gasteiger charge is 2.08. The molecule has 0 aliphatic rings. The van der Waals surface area contributed by atoms with E-state index in [2.05, 4.69) is 48.7 Å². The van der Waals surface area contributed by atoms with E-state index in [-0.39, 0.29) is 12.1 Å². The van der Waals surface area contributed by atoms with Crippen molar-refractivity contribution in [1.82, 2.24) is 10.6 Å². The first-order valence-corrected chi connectivity index (χ1v) is 6.88. The van der Waals surface area contributed by atoms with Gasteiger partial charge < -0.3 is 10.6 Å². The number of allylic oxidation sites excluding steroid dienone is 1. The third kappa shape index (κ3) is 5.16. The predicted molar refractivity (Wildman–Crippen MR) is 80.0 cm³/mol. The minimum absolute atomic E-state index is 0.00115. The van der Waals surface area contributed by atoms with Gasteiger partial charge in [-0.2, -0.15) is 0 Å². The normalized spacial score (nSPS) is 12.9. The van der Waals surface area contributed by atoms with Crippen molar-refractivity contribution < 1.29 is 4.79 Å². The standard InChI is InChI=1S/C16H24N2O/c1-5-12(3)11-17-16(19)18-13(4)15-9-7-14(6-2)8-10-15/h7-11,13H,5-6H2,1-4H3,(H2,17,18,19)/b12-11+. The Morgan fingerprint density at radius 2 is 1.89 bits per heavy atom. The van der Waals surface area contributed by atoms with Crippen molar-refractivity contribution in [2.75, 3.05) is 0 Å². The minimum atomic E-state index is -0.167. The highest BCUT2D eigenvalue weighted by Crippen LogP contribution is 2.13. The molecule has 0 heterocycles. The van der Waals surface area contributed by atoms with E-state index in [1.807, 2.05) is 13.8 Å².